The molecule has 0 radical (unpaired) electrons. The van der Waals surface area contributed by atoms with Crippen LogP contribution in [-0.2, 0) is 4.79 Å². The smallest absolute Gasteiger partial charge is 0.239 e. The van der Waals surface area contributed by atoms with E-state index in [0.717, 1.165) is 31.6 Å². The summed E-state index contributed by atoms with van der Waals surface area (Å²) in [6.07, 6.45) is 3.78. The number of benzene rings is 1. The fourth-order valence-electron chi connectivity index (χ4n) is 2.98. The second-order valence-corrected chi connectivity index (χ2v) is 5.99. The Morgan fingerprint density at radius 3 is 2.79 bits per heavy atom. The van der Waals surface area contributed by atoms with Gasteiger partial charge in [-0.2, -0.15) is 0 Å². The van der Waals surface area contributed by atoms with Gasteiger partial charge < -0.3 is 20.0 Å². The van der Waals surface area contributed by atoms with Gasteiger partial charge in [-0.15, -0.1) is 0 Å². The van der Waals surface area contributed by atoms with E-state index >= 15 is 0 Å². The van der Waals surface area contributed by atoms with Gasteiger partial charge in [-0.1, -0.05) is 6.07 Å². The van der Waals surface area contributed by atoms with E-state index in [4.69, 9.17) is 4.42 Å². The molecule has 0 saturated carbocycles. The van der Waals surface area contributed by atoms with Gasteiger partial charge in [0, 0.05) is 13.1 Å². The molecule has 1 fully saturated rings. The van der Waals surface area contributed by atoms with Crippen molar-refractivity contribution in [2.75, 3.05) is 29.9 Å². The van der Waals surface area contributed by atoms with Gasteiger partial charge in [-0.05, 0) is 44.0 Å². The van der Waals surface area contributed by atoms with Crippen molar-refractivity contribution >= 4 is 17.3 Å². The summed E-state index contributed by atoms with van der Waals surface area (Å²) in [5.41, 5.74) is 1.21. The molecule has 1 amide bonds. The molecule has 1 aliphatic heterocycles. The highest BCUT2D eigenvalue weighted by Crippen LogP contribution is 2.31. The van der Waals surface area contributed by atoms with Crippen molar-refractivity contribution in [3.63, 3.8) is 0 Å². The molecule has 2 aromatic rings. The summed E-state index contributed by atoms with van der Waals surface area (Å²) in [5.74, 6) is 0.132. The zero-order chi connectivity index (χ0) is 16.9. The van der Waals surface area contributed by atoms with Crippen LogP contribution in [0.5, 0.6) is 0 Å². The number of nitrogens with one attached hydrogen (secondary N) is 2. The van der Waals surface area contributed by atoms with E-state index < -0.39 is 0 Å². The summed E-state index contributed by atoms with van der Waals surface area (Å²) in [4.78, 5) is 14.3. The lowest BCUT2D eigenvalue weighted by Crippen LogP contribution is -2.32. The van der Waals surface area contributed by atoms with Crippen molar-refractivity contribution in [1.29, 1.82) is 0 Å². The molecule has 2 heterocycles. The zero-order valence-electron chi connectivity index (χ0n) is 13.7. The Kier molecular flexibility index (Phi) is 5.03. The largest absolute Gasteiger partial charge is 0.467 e. The van der Waals surface area contributed by atoms with E-state index in [2.05, 4.69) is 15.5 Å². The fraction of sp³-hybridized carbons (Fsp3) is 0.389. The summed E-state index contributed by atoms with van der Waals surface area (Å²) >= 11 is 0. The zero-order valence-corrected chi connectivity index (χ0v) is 13.7. The minimum atomic E-state index is -0.341. The van der Waals surface area contributed by atoms with Crippen LogP contribution in [0.1, 0.15) is 31.6 Å². The maximum absolute atomic E-state index is 14.2. The van der Waals surface area contributed by atoms with Crippen LogP contribution in [0.2, 0.25) is 0 Å². The van der Waals surface area contributed by atoms with Crippen LogP contribution in [0.3, 0.4) is 0 Å². The quantitative estimate of drug-likeness (QED) is 0.853. The fourth-order valence-corrected chi connectivity index (χ4v) is 2.98. The first kappa shape index (κ1) is 16.4. The first-order chi connectivity index (χ1) is 11.6. The molecular weight excluding hydrogens is 309 g/mol. The van der Waals surface area contributed by atoms with Crippen molar-refractivity contribution in [1.82, 2.24) is 5.32 Å². The van der Waals surface area contributed by atoms with E-state index in [1.165, 1.54) is 6.07 Å². The van der Waals surface area contributed by atoms with Crippen LogP contribution in [0, 0.1) is 5.82 Å². The second-order valence-electron chi connectivity index (χ2n) is 5.99. The summed E-state index contributed by atoms with van der Waals surface area (Å²) in [6, 6.07) is 8.35. The molecular formula is C18H22FN3O2. The van der Waals surface area contributed by atoms with Crippen molar-refractivity contribution in [2.45, 2.75) is 25.8 Å². The molecule has 24 heavy (non-hydrogen) atoms. The number of carbonyl (C=O) groups excluding carboxylic acids is 1. The van der Waals surface area contributed by atoms with Crippen LogP contribution in [0.4, 0.5) is 15.8 Å². The first-order valence-corrected chi connectivity index (χ1v) is 8.25. The monoisotopic (exact) mass is 331 g/mol. The molecule has 1 aromatic carbocycles. The summed E-state index contributed by atoms with van der Waals surface area (Å²) in [6.45, 7) is 3.68. The Balaban J connectivity index is 1.62. The van der Waals surface area contributed by atoms with Crippen molar-refractivity contribution < 1.29 is 13.6 Å². The SMILES string of the molecule is C[C@@H](NC(=O)CNc1c(F)cccc1N1CCCC1)c1ccco1. The lowest BCUT2D eigenvalue weighted by molar-refractivity contribution is -0.120. The number of halogens is 1. The lowest BCUT2D eigenvalue weighted by atomic mass is 10.2. The number of para-hydroxylation sites is 1. The molecule has 128 valence electrons. The van der Waals surface area contributed by atoms with Gasteiger partial charge >= 0.3 is 0 Å². The number of furan rings is 1. The Labute approximate surface area is 140 Å². The molecule has 1 atom stereocenters. The topological polar surface area (TPSA) is 57.5 Å². The van der Waals surface area contributed by atoms with Crippen LogP contribution in [-0.4, -0.2) is 25.5 Å². The first-order valence-electron chi connectivity index (χ1n) is 8.25. The van der Waals surface area contributed by atoms with Gasteiger partial charge in [0.05, 0.1) is 30.2 Å². The Morgan fingerprint density at radius 1 is 1.29 bits per heavy atom. The third-order valence-electron chi connectivity index (χ3n) is 4.21. The molecule has 0 spiro atoms. The van der Waals surface area contributed by atoms with Crippen LogP contribution in [0.25, 0.3) is 0 Å². The normalized spacial score (nSPS) is 15.3. The van der Waals surface area contributed by atoms with Crippen LogP contribution in [0.15, 0.2) is 41.0 Å². The molecule has 1 aliphatic rings. The molecule has 0 aliphatic carbocycles. The summed E-state index contributed by atoms with van der Waals surface area (Å²) in [7, 11) is 0. The average molecular weight is 331 g/mol. The van der Waals surface area contributed by atoms with Crippen LogP contribution >= 0.6 is 0 Å². The van der Waals surface area contributed by atoms with E-state index in [1.54, 1.807) is 24.5 Å². The predicted octanol–water partition coefficient (Wildman–Crippen LogP) is 3.31. The highest BCUT2D eigenvalue weighted by molar-refractivity contribution is 5.83. The highest BCUT2D eigenvalue weighted by Gasteiger charge is 2.19. The minimum Gasteiger partial charge on any atom is -0.467 e. The summed E-state index contributed by atoms with van der Waals surface area (Å²) < 4.78 is 19.5. The Bertz CT molecular complexity index is 682. The molecule has 1 aromatic heterocycles. The molecule has 5 nitrogen and oxygen atoms in total. The molecule has 2 N–H and O–H groups in total. The summed E-state index contributed by atoms with van der Waals surface area (Å²) in [5, 5.41) is 5.78. The van der Waals surface area contributed by atoms with E-state index in [1.807, 2.05) is 13.0 Å². The second kappa shape index (κ2) is 7.38. The number of amides is 1. The number of rotatable bonds is 6. The Hall–Kier alpha value is -2.50. The molecule has 6 heteroatoms. The van der Waals surface area contributed by atoms with E-state index in [9.17, 15) is 9.18 Å². The number of carbonyl (C=O) groups is 1. The Morgan fingerprint density at radius 2 is 2.08 bits per heavy atom. The van der Waals surface area contributed by atoms with Gasteiger partial charge in [0.15, 0.2) is 0 Å². The van der Waals surface area contributed by atoms with Gasteiger partial charge in [0.1, 0.15) is 11.6 Å². The van der Waals surface area contributed by atoms with Crippen molar-refractivity contribution in [2.24, 2.45) is 0 Å². The van der Waals surface area contributed by atoms with Crippen molar-refractivity contribution in [3.8, 4) is 0 Å². The maximum Gasteiger partial charge on any atom is 0.239 e. The number of anilines is 2. The lowest BCUT2D eigenvalue weighted by Gasteiger charge is -2.22. The minimum absolute atomic E-state index is 0.00677. The van der Waals surface area contributed by atoms with Gasteiger partial charge in [-0.25, -0.2) is 4.39 Å². The third-order valence-corrected chi connectivity index (χ3v) is 4.21. The number of hydrogen-bond acceptors (Lipinski definition) is 4. The standard InChI is InChI=1S/C18H22FN3O2/c1-13(16-8-5-11-24-16)21-17(23)12-20-18-14(19)6-4-7-15(18)22-9-2-3-10-22/h4-8,11,13,20H,2-3,9-10,12H2,1H3,(H,21,23)/t13-/m1/s1. The number of hydrogen-bond donors (Lipinski definition) is 2. The molecule has 3 rings (SSSR count). The van der Waals surface area contributed by atoms with Gasteiger partial charge in [0.2, 0.25) is 5.91 Å². The van der Waals surface area contributed by atoms with E-state index in [-0.39, 0.29) is 24.3 Å². The predicted molar refractivity (Wildman–Crippen MR) is 91.6 cm³/mol. The van der Waals surface area contributed by atoms with E-state index in [0.29, 0.717) is 11.4 Å². The van der Waals surface area contributed by atoms with Crippen molar-refractivity contribution in [3.05, 3.63) is 48.2 Å². The molecule has 0 unspecified atom stereocenters. The van der Waals surface area contributed by atoms with Gasteiger partial charge in [-0.3, -0.25) is 4.79 Å². The number of nitrogens with zero attached hydrogens (tertiary/aromatic N) is 1. The third kappa shape index (κ3) is 3.69. The maximum atomic E-state index is 14.2. The average Bonchev–Trinajstić information content (AvgIpc) is 3.26. The van der Waals surface area contributed by atoms with Crippen LogP contribution < -0.4 is 15.5 Å². The van der Waals surface area contributed by atoms with Gasteiger partial charge in [0.25, 0.3) is 0 Å². The highest BCUT2D eigenvalue weighted by atomic mass is 19.1. The molecule has 1 saturated heterocycles. The molecule has 0 bridgehead atoms.